The highest BCUT2D eigenvalue weighted by Crippen LogP contribution is 2.42. The Kier molecular flexibility index (Phi) is 6.19. The topological polar surface area (TPSA) is 80.0 Å². The van der Waals surface area contributed by atoms with Crippen LogP contribution in [0.3, 0.4) is 0 Å². The van der Waals surface area contributed by atoms with Gasteiger partial charge >= 0.3 is 0 Å². The molecule has 1 fully saturated rings. The number of halogens is 3. The second-order valence-electron chi connectivity index (χ2n) is 7.48. The van der Waals surface area contributed by atoms with E-state index in [1.807, 2.05) is 0 Å². The first-order valence-corrected chi connectivity index (χ1v) is 10.6. The van der Waals surface area contributed by atoms with Crippen LogP contribution in [0.2, 0.25) is 10.0 Å². The highest BCUT2D eigenvalue weighted by Gasteiger charge is 2.47. The second kappa shape index (κ2) is 8.92. The summed E-state index contributed by atoms with van der Waals surface area (Å²) in [5.74, 6) is -1.53. The lowest BCUT2D eigenvalue weighted by atomic mass is 9.99. The molecule has 0 aliphatic carbocycles. The lowest BCUT2D eigenvalue weighted by Gasteiger charge is -2.23. The van der Waals surface area contributed by atoms with E-state index >= 15 is 0 Å². The molecule has 1 aliphatic heterocycles. The molecule has 1 aliphatic rings. The number of amides is 1. The van der Waals surface area contributed by atoms with Gasteiger partial charge in [0.15, 0.2) is 5.75 Å². The normalized spacial score (nSPS) is 17.6. The van der Waals surface area contributed by atoms with Crippen LogP contribution in [0.5, 0.6) is 5.75 Å². The average Bonchev–Trinajstić information content (AvgIpc) is 3.30. The number of Topliss-reactive ketones (excluding diaryl/α,β-unsaturated/α-hetero) is 1. The first-order chi connectivity index (χ1) is 15.7. The van der Waals surface area contributed by atoms with Crippen molar-refractivity contribution in [1.29, 1.82) is 0 Å². The van der Waals surface area contributed by atoms with E-state index in [2.05, 4.69) is 0 Å². The molecule has 1 saturated heterocycles. The zero-order valence-electron chi connectivity index (χ0n) is 17.6. The van der Waals surface area contributed by atoms with E-state index in [0.717, 1.165) is 0 Å². The first-order valence-electron chi connectivity index (χ1n) is 9.84. The monoisotopic (exact) mass is 489 g/mol. The van der Waals surface area contributed by atoms with Gasteiger partial charge in [-0.05, 0) is 48.9 Å². The van der Waals surface area contributed by atoms with E-state index in [1.54, 1.807) is 19.1 Å². The SMILES string of the molecule is COc1c(Cl)cc(/C(O)=C2/C(=O)C(=O)N(Cc3ccc(F)cc3)C2c2ccc(C)o2)cc1Cl. The number of ketones is 1. The molecular weight excluding hydrogens is 472 g/mol. The van der Waals surface area contributed by atoms with Crippen LogP contribution in [-0.4, -0.2) is 28.8 Å². The summed E-state index contributed by atoms with van der Waals surface area (Å²) >= 11 is 12.4. The summed E-state index contributed by atoms with van der Waals surface area (Å²) in [6.07, 6.45) is 0. The van der Waals surface area contributed by atoms with Crippen molar-refractivity contribution in [2.24, 2.45) is 0 Å². The quantitative estimate of drug-likeness (QED) is 0.284. The maximum Gasteiger partial charge on any atom is 0.296 e. The number of hydrogen-bond acceptors (Lipinski definition) is 5. The molecule has 0 bridgehead atoms. The third-order valence-electron chi connectivity index (χ3n) is 5.31. The Morgan fingerprint density at radius 3 is 2.30 bits per heavy atom. The van der Waals surface area contributed by atoms with Crippen LogP contribution in [0.1, 0.15) is 28.7 Å². The number of nitrogens with zero attached hydrogens (tertiary/aromatic N) is 1. The number of aryl methyl sites for hydroxylation is 1. The van der Waals surface area contributed by atoms with Crippen molar-refractivity contribution in [3.05, 3.63) is 92.6 Å². The number of aliphatic hydroxyl groups excluding tert-OH is 1. The number of hydrogen-bond donors (Lipinski definition) is 1. The van der Waals surface area contributed by atoms with Crippen molar-refractivity contribution in [2.45, 2.75) is 19.5 Å². The molecule has 1 atom stereocenters. The van der Waals surface area contributed by atoms with Crippen LogP contribution in [0.15, 0.2) is 58.5 Å². The Morgan fingerprint density at radius 2 is 1.76 bits per heavy atom. The number of carbonyl (C=O) groups excluding carboxylic acids is 2. The molecule has 1 aromatic heterocycles. The fourth-order valence-electron chi connectivity index (χ4n) is 3.77. The van der Waals surface area contributed by atoms with Gasteiger partial charge < -0.3 is 19.2 Å². The fourth-order valence-corrected chi connectivity index (χ4v) is 4.41. The molecule has 1 N–H and O–H groups in total. The van der Waals surface area contributed by atoms with Crippen molar-refractivity contribution in [3.8, 4) is 5.75 Å². The van der Waals surface area contributed by atoms with Crippen LogP contribution in [0.25, 0.3) is 5.76 Å². The summed E-state index contributed by atoms with van der Waals surface area (Å²) in [5.41, 5.74) is 0.565. The van der Waals surface area contributed by atoms with Crippen LogP contribution in [-0.2, 0) is 16.1 Å². The highest BCUT2D eigenvalue weighted by molar-refractivity contribution is 6.46. The summed E-state index contributed by atoms with van der Waals surface area (Å²) in [5, 5.41) is 11.4. The number of benzene rings is 2. The van der Waals surface area contributed by atoms with E-state index in [1.165, 1.54) is 48.4 Å². The number of furan rings is 1. The lowest BCUT2D eigenvalue weighted by molar-refractivity contribution is -0.140. The number of aliphatic hydroxyl groups is 1. The van der Waals surface area contributed by atoms with Crippen LogP contribution in [0, 0.1) is 12.7 Å². The van der Waals surface area contributed by atoms with Crippen molar-refractivity contribution >= 4 is 40.7 Å². The Bertz CT molecular complexity index is 1260. The molecule has 33 heavy (non-hydrogen) atoms. The van der Waals surface area contributed by atoms with Gasteiger partial charge in [-0.1, -0.05) is 35.3 Å². The van der Waals surface area contributed by atoms with E-state index < -0.39 is 29.3 Å². The van der Waals surface area contributed by atoms with E-state index in [-0.39, 0.29) is 33.5 Å². The molecule has 2 aromatic carbocycles. The first kappa shape index (κ1) is 22.9. The minimum Gasteiger partial charge on any atom is -0.507 e. The van der Waals surface area contributed by atoms with Gasteiger partial charge in [-0.15, -0.1) is 0 Å². The maximum atomic E-state index is 13.3. The molecule has 6 nitrogen and oxygen atoms in total. The minimum absolute atomic E-state index is 0.00380. The van der Waals surface area contributed by atoms with Gasteiger partial charge in [0.2, 0.25) is 0 Å². The number of rotatable bonds is 5. The molecule has 4 rings (SSSR count). The molecule has 0 saturated carbocycles. The number of methoxy groups -OCH3 is 1. The van der Waals surface area contributed by atoms with Gasteiger partial charge in [-0.3, -0.25) is 9.59 Å². The third-order valence-corrected chi connectivity index (χ3v) is 5.87. The third kappa shape index (κ3) is 4.21. The van der Waals surface area contributed by atoms with E-state index in [0.29, 0.717) is 17.1 Å². The van der Waals surface area contributed by atoms with Crippen molar-refractivity contribution < 1.29 is 28.2 Å². The summed E-state index contributed by atoms with van der Waals surface area (Å²) in [7, 11) is 1.40. The van der Waals surface area contributed by atoms with Crippen molar-refractivity contribution in [3.63, 3.8) is 0 Å². The van der Waals surface area contributed by atoms with Crippen LogP contribution in [0.4, 0.5) is 4.39 Å². The lowest BCUT2D eigenvalue weighted by Crippen LogP contribution is -2.29. The minimum atomic E-state index is -1.01. The average molecular weight is 490 g/mol. The molecule has 9 heteroatoms. The number of ether oxygens (including phenoxy) is 1. The molecule has 0 spiro atoms. The molecule has 2 heterocycles. The Hall–Kier alpha value is -3.29. The van der Waals surface area contributed by atoms with Crippen LogP contribution >= 0.6 is 23.2 Å². The predicted octanol–water partition coefficient (Wildman–Crippen LogP) is 5.66. The summed E-state index contributed by atoms with van der Waals surface area (Å²) < 4.78 is 24.2. The van der Waals surface area contributed by atoms with Gasteiger partial charge in [0, 0.05) is 12.1 Å². The summed E-state index contributed by atoms with van der Waals surface area (Å²) in [6.45, 7) is 1.72. The Labute approximate surface area is 198 Å². The molecule has 1 unspecified atom stereocenters. The second-order valence-corrected chi connectivity index (χ2v) is 8.29. The van der Waals surface area contributed by atoms with Gasteiger partial charge in [0.25, 0.3) is 11.7 Å². The molecule has 1 amide bonds. The van der Waals surface area contributed by atoms with Crippen LogP contribution < -0.4 is 4.74 Å². The summed E-state index contributed by atoms with van der Waals surface area (Å²) in [4.78, 5) is 27.3. The van der Waals surface area contributed by atoms with Gasteiger partial charge in [0.05, 0.1) is 22.7 Å². The standard InChI is InChI=1S/C24H18Cl2FNO5/c1-12-3-8-18(33-12)20-19(21(29)14-9-16(25)23(32-2)17(26)10-14)22(30)24(31)28(20)11-13-4-6-15(27)7-5-13/h3-10,20,29H,11H2,1-2H3/b21-19-. The zero-order chi connectivity index (χ0) is 23.9. The maximum absolute atomic E-state index is 13.3. The Morgan fingerprint density at radius 1 is 1.12 bits per heavy atom. The smallest absolute Gasteiger partial charge is 0.296 e. The summed E-state index contributed by atoms with van der Waals surface area (Å²) in [6, 6.07) is 10.6. The number of carbonyl (C=O) groups is 2. The van der Waals surface area contributed by atoms with E-state index in [9.17, 15) is 19.1 Å². The van der Waals surface area contributed by atoms with Crippen molar-refractivity contribution in [2.75, 3.05) is 7.11 Å². The zero-order valence-corrected chi connectivity index (χ0v) is 19.1. The highest BCUT2D eigenvalue weighted by atomic mass is 35.5. The molecular formula is C24H18Cl2FNO5. The van der Waals surface area contributed by atoms with Gasteiger partial charge in [-0.25, -0.2) is 4.39 Å². The molecule has 170 valence electrons. The van der Waals surface area contributed by atoms with Gasteiger partial charge in [-0.2, -0.15) is 0 Å². The molecule has 0 radical (unpaired) electrons. The predicted molar refractivity (Wildman–Crippen MR) is 121 cm³/mol. The fraction of sp³-hybridized carbons (Fsp3) is 0.167. The largest absolute Gasteiger partial charge is 0.507 e. The number of likely N-dealkylation sites (tertiary alicyclic amines) is 1. The molecule has 3 aromatic rings. The Balaban J connectivity index is 1.86. The van der Waals surface area contributed by atoms with Crippen molar-refractivity contribution in [1.82, 2.24) is 4.90 Å². The van der Waals surface area contributed by atoms with Gasteiger partial charge in [0.1, 0.15) is 29.1 Å². The van der Waals surface area contributed by atoms with E-state index in [4.69, 9.17) is 32.4 Å².